The van der Waals surface area contributed by atoms with Crippen molar-refractivity contribution in [1.29, 1.82) is 0 Å². The SMILES string of the molecule is CCNc1nc(C(=O)N(C)CCO)cc2ccccc12. The zero-order valence-electron chi connectivity index (χ0n) is 11.8. The van der Waals surface area contributed by atoms with E-state index in [1.807, 2.05) is 31.2 Å². The molecule has 0 saturated carbocycles. The van der Waals surface area contributed by atoms with Gasteiger partial charge in [-0.1, -0.05) is 24.3 Å². The average molecular weight is 273 g/mol. The summed E-state index contributed by atoms with van der Waals surface area (Å²) in [6, 6.07) is 9.60. The van der Waals surface area contributed by atoms with Gasteiger partial charge in [-0.25, -0.2) is 4.98 Å². The van der Waals surface area contributed by atoms with Crippen LogP contribution in [0.5, 0.6) is 0 Å². The maximum absolute atomic E-state index is 12.3. The van der Waals surface area contributed by atoms with Crippen LogP contribution in [-0.2, 0) is 0 Å². The fraction of sp³-hybridized carbons (Fsp3) is 0.333. The fourth-order valence-electron chi connectivity index (χ4n) is 2.06. The van der Waals surface area contributed by atoms with Gasteiger partial charge in [0.2, 0.25) is 0 Å². The highest BCUT2D eigenvalue weighted by atomic mass is 16.3. The molecule has 2 N–H and O–H groups in total. The number of hydrogen-bond acceptors (Lipinski definition) is 4. The summed E-state index contributed by atoms with van der Waals surface area (Å²) < 4.78 is 0. The van der Waals surface area contributed by atoms with Gasteiger partial charge in [-0.2, -0.15) is 0 Å². The molecule has 1 amide bonds. The first-order valence-electron chi connectivity index (χ1n) is 6.67. The van der Waals surface area contributed by atoms with Gasteiger partial charge in [0, 0.05) is 25.5 Å². The Balaban J connectivity index is 2.46. The van der Waals surface area contributed by atoms with E-state index in [-0.39, 0.29) is 12.5 Å². The van der Waals surface area contributed by atoms with Gasteiger partial charge in [0.15, 0.2) is 0 Å². The summed E-state index contributed by atoms with van der Waals surface area (Å²) in [4.78, 5) is 18.1. The van der Waals surface area contributed by atoms with E-state index in [2.05, 4.69) is 10.3 Å². The number of aliphatic hydroxyl groups is 1. The van der Waals surface area contributed by atoms with E-state index in [4.69, 9.17) is 5.11 Å². The first-order chi connectivity index (χ1) is 9.67. The first-order valence-corrected chi connectivity index (χ1v) is 6.67. The Morgan fingerprint density at radius 3 is 2.85 bits per heavy atom. The van der Waals surface area contributed by atoms with Gasteiger partial charge in [0.1, 0.15) is 11.5 Å². The van der Waals surface area contributed by atoms with Gasteiger partial charge in [-0.3, -0.25) is 4.79 Å². The molecule has 2 aromatic rings. The van der Waals surface area contributed by atoms with Crippen LogP contribution in [-0.4, -0.2) is 47.6 Å². The minimum Gasteiger partial charge on any atom is -0.395 e. The number of amides is 1. The molecule has 0 spiro atoms. The first kappa shape index (κ1) is 14.3. The van der Waals surface area contributed by atoms with Crippen molar-refractivity contribution in [2.24, 2.45) is 0 Å². The third-order valence-electron chi connectivity index (χ3n) is 3.09. The third kappa shape index (κ3) is 2.88. The van der Waals surface area contributed by atoms with Gasteiger partial charge in [0.25, 0.3) is 5.91 Å². The number of aromatic nitrogens is 1. The molecule has 0 radical (unpaired) electrons. The second kappa shape index (κ2) is 6.34. The summed E-state index contributed by atoms with van der Waals surface area (Å²) >= 11 is 0. The summed E-state index contributed by atoms with van der Waals surface area (Å²) in [7, 11) is 1.66. The number of carbonyl (C=O) groups excluding carboxylic acids is 1. The van der Waals surface area contributed by atoms with Crippen LogP contribution >= 0.6 is 0 Å². The molecule has 0 aliphatic heterocycles. The second-order valence-electron chi connectivity index (χ2n) is 4.56. The number of hydrogen-bond donors (Lipinski definition) is 2. The minimum atomic E-state index is -0.191. The molecule has 2 rings (SSSR count). The molecule has 20 heavy (non-hydrogen) atoms. The van der Waals surface area contributed by atoms with Crippen molar-refractivity contribution in [3.05, 3.63) is 36.0 Å². The zero-order chi connectivity index (χ0) is 14.5. The van der Waals surface area contributed by atoms with E-state index >= 15 is 0 Å². The summed E-state index contributed by atoms with van der Waals surface area (Å²) in [5.41, 5.74) is 0.385. The lowest BCUT2D eigenvalue weighted by Gasteiger charge is -2.16. The topological polar surface area (TPSA) is 65.5 Å². The van der Waals surface area contributed by atoms with E-state index in [0.717, 1.165) is 17.3 Å². The van der Waals surface area contributed by atoms with Crippen molar-refractivity contribution in [1.82, 2.24) is 9.88 Å². The number of fused-ring (bicyclic) bond motifs is 1. The van der Waals surface area contributed by atoms with Crippen LogP contribution in [0.4, 0.5) is 5.82 Å². The van der Waals surface area contributed by atoms with Crippen LogP contribution < -0.4 is 5.32 Å². The Kier molecular flexibility index (Phi) is 4.53. The van der Waals surface area contributed by atoms with Gasteiger partial charge in [-0.15, -0.1) is 0 Å². The molecule has 5 nitrogen and oxygen atoms in total. The van der Waals surface area contributed by atoms with Gasteiger partial charge >= 0.3 is 0 Å². The monoisotopic (exact) mass is 273 g/mol. The van der Waals surface area contributed by atoms with Crippen LogP contribution in [0.3, 0.4) is 0 Å². The molecule has 0 saturated heterocycles. The number of nitrogens with one attached hydrogen (secondary N) is 1. The van der Waals surface area contributed by atoms with Crippen LogP contribution in [0, 0.1) is 0 Å². The number of rotatable bonds is 5. The van der Waals surface area contributed by atoms with E-state index in [9.17, 15) is 4.79 Å². The average Bonchev–Trinajstić information content (AvgIpc) is 2.47. The molecule has 0 fully saturated rings. The van der Waals surface area contributed by atoms with E-state index in [0.29, 0.717) is 18.1 Å². The second-order valence-corrected chi connectivity index (χ2v) is 4.56. The predicted molar refractivity (Wildman–Crippen MR) is 80.0 cm³/mol. The van der Waals surface area contributed by atoms with E-state index in [1.54, 1.807) is 13.1 Å². The largest absolute Gasteiger partial charge is 0.395 e. The lowest BCUT2D eigenvalue weighted by atomic mass is 10.1. The van der Waals surface area contributed by atoms with E-state index in [1.165, 1.54) is 4.90 Å². The van der Waals surface area contributed by atoms with Crippen LogP contribution in [0.15, 0.2) is 30.3 Å². The molecule has 0 aliphatic carbocycles. The molecule has 5 heteroatoms. The number of anilines is 1. The number of pyridine rings is 1. The molecule has 1 aromatic carbocycles. The highest BCUT2D eigenvalue weighted by Gasteiger charge is 2.15. The highest BCUT2D eigenvalue weighted by Crippen LogP contribution is 2.22. The minimum absolute atomic E-state index is 0.0596. The molecular formula is C15H19N3O2. The van der Waals surface area contributed by atoms with Crippen LogP contribution in [0.2, 0.25) is 0 Å². The lowest BCUT2D eigenvalue weighted by Crippen LogP contribution is -2.30. The Hall–Kier alpha value is -2.14. The van der Waals surface area contributed by atoms with Crippen molar-refractivity contribution < 1.29 is 9.90 Å². The zero-order valence-corrected chi connectivity index (χ0v) is 11.8. The molecule has 106 valence electrons. The Morgan fingerprint density at radius 1 is 1.40 bits per heavy atom. The molecule has 1 heterocycles. The summed E-state index contributed by atoms with van der Waals surface area (Å²) in [6.45, 7) is 2.96. The number of benzene rings is 1. The summed E-state index contributed by atoms with van der Waals surface area (Å²) in [6.07, 6.45) is 0. The van der Waals surface area contributed by atoms with Crippen LogP contribution in [0.1, 0.15) is 17.4 Å². The maximum atomic E-state index is 12.3. The molecule has 0 unspecified atom stereocenters. The van der Waals surface area contributed by atoms with E-state index < -0.39 is 0 Å². The van der Waals surface area contributed by atoms with Crippen molar-refractivity contribution in [2.75, 3.05) is 32.1 Å². The quantitative estimate of drug-likeness (QED) is 0.870. The summed E-state index contributed by atoms with van der Waals surface area (Å²) in [5.74, 6) is 0.523. The normalized spacial score (nSPS) is 10.6. The number of aliphatic hydroxyl groups excluding tert-OH is 1. The predicted octanol–water partition coefficient (Wildman–Crippen LogP) is 1.73. The third-order valence-corrected chi connectivity index (χ3v) is 3.09. The smallest absolute Gasteiger partial charge is 0.272 e. The van der Waals surface area contributed by atoms with Gasteiger partial charge < -0.3 is 15.3 Å². The molecule has 0 aliphatic rings. The van der Waals surface area contributed by atoms with Crippen molar-refractivity contribution in [2.45, 2.75) is 6.92 Å². The Labute approximate surface area is 118 Å². The fourth-order valence-corrected chi connectivity index (χ4v) is 2.06. The summed E-state index contributed by atoms with van der Waals surface area (Å²) in [5, 5.41) is 14.1. The number of carbonyl (C=O) groups is 1. The molecule has 0 atom stereocenters. The molecular weight excluding hydrogens is 254 g/mol. The van der Waals surface area contributed by atoms with Gasteiger partial charge in [-0.05, 0) is 18.4 Å². The molecule has 1 aromatic heterocycles. The molecule has 0 bridgehead atoms. The lowest BCUT2D eigenvalue weighted by molar-refractivity contribution is 0.0761. The number of nitrogens with zero attached hydrogens (tertiary/aromatic N) is 2. The Bertz CT molecular complexity index is 613. The number of likely N-dealkylation sites (N-methyl/N-ethyl adjacent to an activating group) is 1. The van der Waals surface area contributed by atoms with Gasteiger partial charge in [0.05, 0.1) is 6.61 Å². The maximum Gasteiger partial charge on any atom is 0.272 e. The standard InChI is InChI=1S/C15H19N3O2/c1-3-16-14-12-7-5-4-6-11(12)10-13(17-14)15(20)18(2)8-9-19/h4-7,10,19H,3,8-9H2,1-2H3,(H,16,17). The highest BCUT2D eigenvalue weighted by molar-refractivity contribution is 6.00. The van der Waals surface area contributed by atoms with Crippen molar-refractivity contribution >= 4 is 22.5 Å². The van der Waals surface area contributed by atoms with Crippen molar-refractivity contribution in [3.63, 3.8) is 0 Å². The Morgan fingerprint density at radius 2 is 2.15 bits per heavy atom. The van der Waals surface area contributed by atoms with Crippen molar-refractivity contribution in [3.8, 4) is 0 Å². The van der Waals surface area contributed by atoms with Crippen LogP contribution in [0.25, 0.3) is 10.8 Å².